The van der Waals surface area contributed by atoms with E-state index in [1.54, 1.807) is 4.90 Å². The van der Waals surface area contributed by atoms with Crippen molar-refractivity contribution < 1.29 is 28.3 Å². The molecule has 326 valence electrons. The summed E-state index contributed by atoms with van der Waals surface area (Å²) in [5.41, 5.74) is 12.4. The van der Waals surface area contributed by atoms with Crippen molar-refractivity contribution in [1.29, 1.82) is 0 Å². The average Bonchev–Trinajstić information content (AvgIpc) is 3.84. The van der Waals surface area contributed by atoms with Gasteiger partial charge in [0.2, 0.25) is 11.8 Å². The number of likely N-dealkylation sites (tertiary alicyclic amines) is 1. The third-order valence-electron chi connectivity index (χ3n) is 13.8. The van der Waals surface area contributed by atoms with Gasteiger partial charge in [0.15, 0.2) is 5.65 Å². The number of ether oxygens (including phenoxy) is 1. The quantitative estimate of drug-likeness (QED) is 0.173. The smallest absolute Gasteiger partial charge is 0.255 e. The molecule has 63 heavy (non-hydrogen) atoms. The first-order chi connectivity index (χ1) is 30.6. The Morgan fingerprint density at radius 3 is 2.37 bits per heavy atom. The van der Waals surface area contributed by atoms with E-state index in [0.29, 0.717) is 42.2 Å². The van der Waals surface area contributed by atoms with Gasteiger partial charge in [-0.2, -0.15) is 5.10 Å². The van der Waals surface area contributed by atoms with E-state index >= 15 is 0 Å². The topological polar surface area (TPSA) is 184 Å². The number of nitrogen functional groups attached to an aromatic ring is 1. The van der Waals surface area contributed by atoms with Crippen molar-refractivity contribution in [1.82, 2.24) is 45.1 Å². The molecule has 16 nitrogen and oxygen atoms in total. The number of halogens is 1. The highest BCUT2D eigenvalue weighted by Crippen LogP contribution is 2.38. The number of imide groups is 1. The SMILES string of the molecule is COc1ccc(F)cc1C(=O)NCc1ccc(-c2nn(C3CCN([C@H]4C[C@@H](N5CCN(c6ccc7c(c6)CN([C@H]6CCC(=O)NC6=O)C7=O)CC5)C4)CC3)c3ncnc(N)c23)cc1. The maximum atomic E-state index is 13.9. The van der Waals surface area contributed by atoms with Gasteiger partial charge >= 0.3 is 0 Å². The van der Waals surface area contributed by atoms with Gasteiger partial charge in [-0.25, -0.2) is 19.0 Å². The number of methoxy groups -OCH3 is 1. The van der Waals surface area contributed by atoms with Gasteiger partial charge in [-0.05, 0) is 79.6 Å². The summed E-state index contributed by atoms with van der Waals surface area (Å²) >= 11 is 0. The van der Waals surface area contributed by atoms with E-state index in [4.69, 9.17) is 15.6 Å². The Labute approximate surface area is 363 Å². The highest BCUT2D eigenvalue weighted by atomic mass is 19.1. The minimum atomic E-state index is -0.609. The summed E-state index contributed by atoms with van der Waals surface area (Å²) in [5, 5.41) is 11.1. The van der Waals surface area contributed by atoms with Crippen molar-refractivity contribution in [3.8, 4) is 17.0 Å². The number of fused-ring (bicyclic) bond motifs is 2. The van der Waals surface area contributed by atoms with Gasteiger partial charge in [0.25, 0.3) is 11.8 Å². The van der Waals surface area contributed by atoms with Crippen LogP contribution in [0, 0.1) is 5.82 Å². The largest absolute Gasteiger partial charge is 0.496 e. The summed E-state index contributed by atoms with van der Waals surface area (Å²) < 4.78 is 21.1. The number of nitrogens with two attached hydrogens (primary N) is 1. The number of hydrogen-bond acceptors (Lipinski definition) is 12. The fourth-order valence-electron chi connectivity index (χ4n) is 10.1. The molecular formula is C46H50FN11O5. The zero-order valence-corrected chi connectivity index (χ0v) is 35.1. The molecule has 1 aliphatic carbocycles. The van der Waals surface area contributed by atoms with Crippen LogP contribution in [0.2, 0.25) is 0 Å². The number of nitrogens with one attached hydrogen (secondary N) is 2. The Balaban J connectivity index is 0.715. The standard InChI is InChI=1S/C46H50FN11O5/c1-63-38-10-6-30(47)21-36(38)44(60)49-24-27-2-4-28(5-3-27)41-40-42(48)50-26-51-43(40)58(53-41)31-12-14-54(15-13-31)33-22-34(23-33)56-18-16-55(17-19-56)32-7-8-35-29(20-32)25-57(46(35)62)37-9-11-39(59)52-45(37)61/h2-8,10,20-21,26,31,33-34,37H,9,11-19,22-25H2,1H3,(H,49,60)(H2,48,50,51)(H,52,59,61)/t33-,34+,37-/m0/s1. The molecule has 2 aromatic heterocycles. The zero-order chi connectivity index (χ0) is 43.4. The molecular weight excluding hydrogens is 806 g/mol. The number of hydrogen-bond donors (Lipinski definition) is 3. The predicted octanol–water partition coefficient (Wildman–Crippen LogP) is 3.90. The van der Waals surface area contributed by atoms with E-state index in [1.165, 1.54) is 38.4 Å². The molecule has 3 aromatic carbocycles. The molecule has 5 aliphatic rings. The van der Waals surface area contributed by atoms with Gasteiger partial charge in [0.05, 0.1) is 24.1 Å². The van der Waals surface area contributed by atoms with Crippen molar-refractivity contribution in [3.63, 3.8) is 0 Å². The van der Waals surface area contributed by atoms with Gasteiger partial charge in [0.1, 0.15) is 35.4 Å². The van der Waals surface area contributed by atoms with Gasteiger partial charge in [0, 0.05) is 87.7 Å². The highest BCUT2D eigenvalue weighted by Gasteiger charge is 2.41. The minimum absolute atomic E-state index is 0.133. The Morgan fingerprint density at radius 2 is 1.63 bits per heavy atom. The van der Waals surface area contributed by atoms with Crippen molar-refractivity contribution in [3.05, 3.63) is 95.1 Å². The van der Waals surface area contributed by atoms with Crippen LogP contribution in [0.15, 0.2) is 67.0 Å². The molecule has 1 saturated carbocycles. The lowest BCUT2D eigenvalue weighted by Gasteiger charge is -2.51. The number of carbonyl (C=O) groups excluding carboxylic acids is 4. The average molecular weight is 856 g/mol. The van der Waals surface area contributed by atoms with E-state index in [-0.39, 0.29) is 42.3 Å². The zero-order valence-electron chi connectivity index (χ0n) is 35.1. The number of nitrogens with zero attached hydrogens (tertiary/aromatic N) is 8. The second-order valence-corrected chi connectivity index (χ2v) is 17.3. The second-order valence-electron chi connectivity index (χ2n) is 17.3. The number of piperazine rings is 1. The third kappa shape index (κ3) is 7.73. The summed E-state index contributed by atoms with van der Waals surface area (Å²) in [5.74, 6) is -1.08. The molecule has 4 N–H and O–H groups in total. The van der Waals surface area contributed by atoms with E-state index in [2.05, 4.69) is 41.4 Å². The maximum Gasteiger partial charge on any atom is 0.255 e. The van der Waals surface area contributed by atoms with Crippen molar-refractivity contribution in [2.45, 2.75) is 75.8 Å². The summed E-state index contributed by atoms with van der Waals surface area (Å²) in [4.78, 5) is 68.4. The van der Waals surface area contributed by atoms with Gasteiger partial charge in [-0.1, -0.05) is 24.3 Å². The van der Waals surface area contributed by atoms with Crippen LogP contribution in [0.4, 0.5) is 15.9 Å². The third-order valence-corrected chi connectivity index (χ3v) is 13.8. The van der Waals surface area contributed by atoms with Crippen LogP contribution < -0.4 is 26.0 Å². The molecule has 0 unspecified atom stereocenters. The Kier molecular flexibility index (Phi) is 10.7. The molecule has 3 saturated heterocycles. The van der Waals surface area contributed by atoms with Crippen LogP contribution in [0.5, 0.6) is 5.75 Å². The first-order valence-electron chi connectivity index (χ1n) is 21.8. The molecule has 17 heteroatoms. The lowest BCUT2D eigenvalue weighted by atomic mass is 9.82. The number of benzene rings is 3. The molecule has 0 radical (unpaired) electrons. The number of carbonyl (C=O) groups is 4. The molecule has 4 fully saturated rings. The normalized spacial score (nSPS) is 22.3. The number of rotatable bonds is 10. The summed E-state index contributed by atoms with van der Waals surface area (Å²) in [7, 11) is 1.44. The number of amides is 4. The first kappa shape index (κ1) is 40.6. The molecule has 6 heterocycles. The monoisotopic (exact) mass is 855 g/mol. The Bertz CT molecular complexity index is 2600. The van der Waals surface area contributed by atoms with Crippen LogP contribution >= 0.6 is 0 Å². The molecule has 4 amide bonds. The molecule has 1 atom stereocenters. The van der Waals surface area contributed by atoms with Crippen LogP contribution in [0.1, 0.15) is 76.4 Å². The molecule has 4 aliphatic heterocycles. The van der Waals surface area contributed by atoms with Crippen molar-refractivity contribution >= 4 is 46.2 Å². The fraction of sp³-hybridized carbons (Fsp3) is 0.413. The molecule has 0 bridgehead atoms. The lowest BCUT2D eigenvalue weighted by Crippen LogP contribution is -2.59. The van der Waals surface area contributed by atoms with Crippen LogP contribution in [-0.2, 0) is 22.7 Å². The van der Waals surface area contributed by atoms with E-state index in [9.17, 15) is 23.6 Å². The maximum absolute atomic E-state index is 13.9. The van der Waals surface area contributed by atoms with Crippen LogP contribution in [0.25, 0.3) is 22.3 Å². The van der Waals surface area contributed by atoms with Crippen molar-refractivity contribution in [2.75, 3.05) is 57.0 Å². The van der Waals surface area contributed by atoms with E-state index < -0.39 is 17.8 Å². The van der Waals surface area contributed by atoms with E-state index in [0.717, 1.165) is 97.3 Å². The molecule has 5 aromatic rings. The minimum Gasteiger partial charge on any atom is -0.496 e. The Morgan fingerprint density at radius 1 is 0.889 bits per heavy atom. The van der Waals surface area contributed by atoms with E-state index in [1.807, 2.05) is 41.1 Å². The van der Waals surface area contributed by atoms with Gasteiger partial charge < -0.3 is 30.5 Å². The van der Waals surface area contributed by atoms with Gasteiger partial charge in [-0.3, -0.25) is 29.4 Å². The summed E-state index contributed by atoms with van der Waals surface area (Å²) in [6.45, 7) is 6.41. The van der Waals surface area contributed by atoms with Crippen molar-refractivity contribution in [2.24, 2.45) is 0 Å². The highest BCUT2D eigenvalue weighted by molar-refractivity contribution is 6.05. The van der Waals surface area contributed by atoms with Gasteiger partial charge in [-0.15, -0.1) is 0 Å². The van der Waals surface area contributed by atoms with Crippen LogP contribution in [-0.4, -0.2) is 123 Å². The molecule has 10 rings (SSSR count). The first-order valence-corrected chi connectivity index (χ1v) is 21.8. The second kappa shape index (κ2) is 16.7. The summed E-state index contributed by atoms with van der Waals surface area (Å²) in [6.07, 6.45) is 6.33. The number of aromatic nitrogens is 4. The molecule has 0 spiro atoms. The fourth-order valence-corrected chi connectivity index (χ4v) is 10.1. The predicted molar refractivity (Wildman–Crippen MR) is 232 cm³/mol. The number of piperidine rings is 2. The summed E-state index contributed by atoms with van der Waals surface area (Å²) in [6, 6.07) is 18.3. The van der Waals surface area contributed by atoms with Crippen LogP contribution in [0.3, 0.4) is 0 Å². The Hall–Kier alpha value is -6.46. The number of anilines is 2. The lowest BCUT2D eigenvalue weighted by molar-refractivity contribution is -0.136.